The van der Waals surface area contributed by atoms with Gasteiger partial charge in [0.1, 0.15) is 5.82 Å². The van der Waals surface area contributed by atoms with Crippen molar-refractivity contribution in [1.82, 2.24) is 19.9 Å². The fraction of sp³-hybridized carbons (Fsp3) is 0.364. The van der Waals surface area contributed by atoms with Crippen molar-refractivity contribution in [2.24, 2.45) is 0 Å². The molecule has 0 aliphatic carbocycles. The van der Waals surface area contributed by atoms with E-state index in [1.807, 2.05) is 12.4 Å². The predicted molar refractivity (Wildman–Crippen MR) is 104 cm³/mol. The number of likely N-dealkylation sites (tertiary alicyclic amines) is 1. The number of benzene rings is 1. The molecule has 1 atom stereocenters. The Morgan fingerprint density at radius 3 is 2.85 bits per heavy atom. The molecular weight excluding hydrogens is 320 g/mol. The Balaban J connectivity index is 1.49. The second kappa shape index (κ2) is 7.83. The number of hydrogen-bond donors (Lipinski definition) is 1. The Morgan fingerprint density at radius 1 is 1.15 bits per heavy atom. The molecule has 1 fully saturated rings. The van der Waals surface area contributed by atoms with Crippen LogP contribution >= 0.6 is 0 Å². The largest absolute Gasteiger partial charge is 0.348 e. The lowest BCUT2D eigenvalue weighted by Gasteiger charge is -2.32. The van der Waals surface area contributed by atoms with Gasteiger partial charge in [0, 0.05) is 36.2 Å². The van der Waals surface area contributed by atoms with Crippen LogP contribution < -0.4 is 0 Å². The van der Waals surface area contributed by atoms with E-state index < -0.39 is 0 Å². The number of hydrogen-bond acceptors (Lipinski definition) is 3. The number of H-pyrrole nitrogens is 1. The molecule has 1 saturated heterocycles. The predicted octanol–water partition coefficient (Wildman–Crippen LogP) is 4.08. The van der Waals surface area contributed by atoms with Crippen molar-refractivity contribution in [3.63, 3.8) is 0 Å². The summed E-state index contributed by atoms with van der Waals surface area (Å²) in [4.78, 5) is 15.0. The zero-order valence-electron chi connectivity index (χ0n) is 15.4. The molecular formula is C22H26N4. The van der Waals surface area contributed by atoms with Gasteiger partial charge in [-0.25, -0.2) is 4.98 Å². The number of pyridine rings is 1. The van der Waals surface area contributed by atoms with Crippen LogP contribution in [0.25, 0.3) is 0 Å². The summed E-state index contributed by atoms with van der Waals surface area (Å²) < 4.78 is 0. The van der Waals surface area contributed by atoms with Gasteiger partial charge in [0.15, 0.2) is 0 Å². The summed E-state index contributed by atoms with van der Waals surface area (Å²) in [6.45, 7) is 5.20. The molecule has 1 aromatic carbocycles. The number of nitrogens with one attached hydrogen (secondary N) is 1. The van der Waals surface area contributed by atoms with Crippen molar-refractivity contribution < 1.29 is 0 Å². The van der Waals surface area contributed by atoms with Gasteiger partial charge >= 0.3 is 0 Å². The van der Waals surface area contributed by atoms with Gasteiger partial charge < -0.3 is 4.98 Å². The molecule has 0 unspecified atom stereocenters. The van der Waals surface area contributed by atoms with Gasteiger partial charge in [-0.3, -0.25) is 9.88 Å². The highest BCUT2D eigenvalue weighted by Gasteiger charge is 2.23. The summed E-state index contributed by atoms with van der Waals surface area (Å²) in [7, 11) is 0. The number of aromatic nitrogens is 3. The number of imidazole rings is 1. The van der Waals surface area contributed by atoms with Gasteiger partial charge in [0.05, 0.1) is 6.54 Å². The maximum atomic E-state index is 4.88. The van der Waals surface area contributed by atoms with Gasteiger partial charge in [0.25, 0.3) is 0 Å². The molecule has 26 heavy (non-hydrogen) atoms. The van der Waals surface area contributed by atoms with Gasteiger partial charge in [0.2, 0.25) is 0 Å². The average Bonchev–Trinajstić information content (AvgIpc) is 3.15. The lowest BCUT2D eigenvalue weighted by Crippen LogP contribution is -2.34. The third-order valence-electron chi connectivity index (χ3n) is 5.14. The van der Waals surface area contributed by atoms with Gasteiger partial charge in [-0.15, -0.1) is 0 Å². The average molecular weight is 346 g/mol. The molecule has 134 valence electrons. The first kappa shape index (κ1) is 17.0. The van der Waals surface area contributed by atoms with E-state index in [4.69, 9.17) is 4.98 Å². The quantitative estimate of drug-likeness (QED) is 0.757. The second-order valence-corrected chi connectivity index (χ2v) is 7.31. The van der Waals surface area contributed by atoms with Crippen molar-refractivity contribution in [2.75, 3.05) is 13.1 Å². The molecule has 1 aliphatic rings. The Morgan fingerprint density at radius 2 is 2.04 bits per heavy atom. The highest BCUT2D eigenvalue weighted by atomic mass is 15.2. The molecule has 4 heteroatoms. The van der Waals surface area contributed by atoms with Crippen molar-refractivity contribution in [2.45, 2.75) is 38.6 Å². The van der Waals surface area contributed by atoms with Crippen LogP contribution in [0.4, 0.5) is 0 Å². The van der Waals surface area contributed by atoms with Crippen LogP contribution in [0, 0.1) is 6.92 Å². The Labute approximate surface area is 155 Å². The van der Waals surface area contributed by atoms with Crippen LogP contribution in [0.2, 0.25) is 0 Å². The van der Waals surface area contributed by atoms with Crippen LogP contribution in [0.5, 0.6) is 0 Å². The maximum Gasteiger partial charge on any atom is 0.120 e. The second-order valence-electron chi connectivity index (χ2n) is 7.31. The Kier molecular flexibility index (Phi) is 5.12. The minimum absolute atomic E-state index is 0.508. The molecule has 0 radical (unpaired) electrons. The number of piperidine rings is 1. The van der Waals surface area contributed by atoms with E-state index in [9.17, 15) is 0 Å². The van der Waals surface area contributed by atoms with Crippen LogP contribution in [-0.4, -0.2) is 32.9 Å². The van der Waals surface area contributed by atoms with E-state index in [0.717, 1.165) is 37.6 Å². The molecule has 1 aliphatic heterocycles. The maximum absolute atomic E-state index is 4.88. The summed E-state index contributed by atoms with van der Waals surface area (Å²) in [6.07, 6.45) is 7.13. The van der Waals surface area contributed by atoms with Gasteiger partial charge in [-0.2, -0.15) is 0 Å². The van der Waals surface area contributed by atoms with Crippen LogP contribution in [0.15, 0.2) is 54.9 Å². The lowest BCUT2D eigenvalue weighted by atomic mass is 9.92. The van der Waals surface area contributed by atoms with Gasteiger partial charge in [-0.1, -0.05) is 30.3 Å². The molecule has 0 bridgehead atoms. The van der Waals surface area contributed by atoms with Gasteiger partial charge in [-0.05, 0) is 56.0 Å². The van der Waals surface area contributed by atoms with E-state index in [1.165, 1.54) is 29.7 Å². The molecule has 4 nitrogen and oxygen atoms in total. The summed E-state index contributed by atoms with van der Waals surface area (Å²) in [5, 5.41) is 0. The first-order valence-corrected chi connectivity index (χ1v) is 9.48. The fourth-order valence-corrected chi connectivity index (χ4v) is 3.95. The molecule has 3 heterocycles. The summed E-state index contributed by atoms with van der Waals surface area (Å²) >= 11 is 0. The topological polar surface area (TPSA) is 44.8 Å². The van der Waals surface area contributed by atoms with E-state index in [2.05, 4.69) is 64.3 Å². The first-order valence-electron chi connectivity index (χ1n) is 9.48. The number of aromatic amines is 1. The van der Waals surface area contributed by atoms with Crippen molar-refractivity contribution in [3.05, 3.63) is 83.2 Å². The van der Waals surface area contributed by atoms with E-state index in [0.29, 0.717) is 5.92 Å². The zero-order valence-corrected chi connectivity index (χ0v) is 15.4. The van der Waals surface area contributed by atoms with Crippen molar-refractivity contribution in [1.29, 1.82) is 0 Å². The number of rotatable bonds is 5. The summed E-state index contributed by atoms with van der Waals surface area (Å²) in [5.74, 6) is 1.56. The molecule has 1 N–H and O–H groups in total. The Hall–Kier alpha value is -2.46. The van der Waals surface area contributed by atoms with E-state index in [-0.39, 0.29) is 0 Å². The number of nitrogens with zero attached hydrogens (tertiary/aromatic N) is 3. The molecule has 4 rings (SSSR count). The summed E-state index contributed by atoms with van der Waals surface area (Å²) in [5.41, 5.74) is 5.09. The molecule has 0 saturated carbocycles. The minimum Gasteiger partial charge on any atom is -0.348 e. The third-order valence-corrected chi connectivity index (χ3v) is 5.14. The minimum atomic E-state index is 0.508. The molecule has 0 spiro atoms. The lowest BCUT2D eigenvalue weighted by molar-refractivity contribution is 0.194. The van der Waals surface area contributed by atoms with E-state index in [1.54, 1.807) is 0 Å². The zero-order chi connectivity index (χ0) is 17.8. The normalized spacial score (nSPS) is 18.1. The highest BCUT2D eigenvalue weighted by molar-refractivity contribution is 5.30. The van der Waals surface area contributed by atoms with E-state index >= 15 is 0 Å². The summed E-state index contributed by atoms with van der Waals surface area (Å²) in [6, 6.07) is 15.2. The Bertz CT molecular complexity index is 827. The standard InChI is InChI=1S/C22H26N4/c1-17-12-19(13-18-6-3-2-4-7-18)14-21(25-17)20-8-5-11-26(15-20)16-22-23-9-10-24-22/h2-4,6-7,9-10,12,14,20H,5,8,11,13,15-16H2,1H3,(H,23,24)/t20-/m1/s1. The smallest absolute Gasteiger partial charge is 0.120 e. The fourth-order valence-electron chi connectivity index (χ4n) is 3.95. The highest BCUT2D eigenvalue weighted by Crippen LogP contribution is 2.27. The monoisotopic (exact) mass is 346 g/mol. The SMILES string of the molecule is Cc1cc(Cc2ccccc2)cc([C@@H]2CCCN(Cc3ncc[nH]3)C2)n1. The molecule has 0 amide bonds. The number of aryl methyl sites for hydroxylation is 1. The molecule has 3 aromatic rings. The van der Waals surface area contributed by atoms with Crippen LogP contribution in [-0.2, 0) is 13.0 Å². The van der Waals surface area contributed by atoms with Crippen LogP contribution in [0.1, 0.15) is 47.1 Å². The van der Waals surface area contributed by atoms with Crippen molar-refractivity contribution >= 4 is 0 Å². The molecule has 2 aromatic heterocycles. The van der Waals surface area contributed by atoms with Crippen LogP contribution in [0.3, 0.4) is 0 Å². The first-order chi connectivity index (χ1) is 12.8. The van der Waals surface area contributed by atoms with Crippen molar-refractivity contribution in [3.8, 4) is 0 Å². The third kappa shape index (κ3) is 4.20.